The average molecular weight is 276 g/mol. The van der Waals surface area contributed by atoms with Crippen molar-refractivity contribution >= 4 is 11.8 Å². The van der Waals surface area contributed by atoms with Crippen LogP contribution in [0.1, 0.15) is 40.2 Å². The zero-order valence-corrected chi connectivity index (χ0v) is 12.9. The Morgan fingerprint density at radius 2 is 1.95 bits per heavy atom. The van der Waals surface area contributed by atoms with E-state index < -0.39 is 0 Å². The molecule has 0 spiro atoms. The zero-order valence-electron chi connectivity index (χ0n) is 12.9. The van der Waals surface area contributed by atoms with E-state index >= 15 is 0 Å². The molecule has 0 unspecified atom stereocenters. The Bertz CT molecular complexity index is 499. The average Bonchev–Trinajstić information content (AvgIpc) is 2.33. The van der Waals surface area contributed by atoms with Crippen LogP contribution in [0.25, 0.3) is 6.08 Å². The first-order chi connectivity index (χ1) is 9.20. The maximum atomic E-state index is 11.1. The van der Waals surface area contributed by atoms with Crippen molar-refractivity contribution in [2.24, 2.45) is 5.92 Å². The standard InChI is InChI=1S/C16H24N2O2/c1-12(2)14(11-17-16(3,4)5)10-13-8-6-7-9-15(13)18(19)20/h6-10,12,17H,11H2,1-5H3. The van der Waals surface area contributed by atoms with Gasteiger partial charge in [-0.1, -0.05) is 31.6 Å². The van der Waals surface area contributed by atoms with Crippen molar-refractivity contribution in [1.82, 2.24) is 5.32 Å². The maximum absolute atomic E-state index is 11.1. The Kier molecular flexibility index (Phi) is 5.45. The second-order valence-corrected chi connectivity index (χ2v) is 6.29. The topological polar surface area (TPSA) is 55.2 Å². The molecule has 0 aromatic heterocycles. The van der Waals surface area contributed by atoms with E-state index in [4.69, 9.17) is 0 Å². The lowest BCUT2D eigenvalue weighted by Gasteiger charge is -2.23. The molecule has 0 heterocycles. The molecule has 0 aliphatic carbocycles. The molecule has 0 saturated carbocycles. The first-order valence-corrected chi connectivity index (χ1v) is 6.89. The van der Waals surface area contributed by atoms with Crippen molar-refractivity contribution < 1.29 is 4.92 Å². The van der Waals surface area contributed by atoms with Crippen molar-refractivity contribution in [3.05, 3.63) is 45.5 Å². The van der Waals surface area contributed by atoms with Gasteiger partial charge in [-0.3, -0.25) is 10.1 Å². The van der Waals surface area contributed by atoms with Crippen molar-refractivity contribution in [2.45, 2.75) is 40.2 Å². The fourth-order valence-corrected chi connectivity index (χ4v) is 1.76. The van der Waals surface area contributed by atoms with Gasteiger partial charge in [-0.05, 0) is 38.8 Å². The molecule has 4 heteroatoms. The van der Waals surface area contributed by atoms with Crippen molar-refractivity contribution in [1.29, 1.82) is 0 Å². The van der Waals surface area contributed by atoms with Gasteiger partial charge in [0, 0.05) is 18.2 Å². The van der Waals surface area contributed by atoms with Gasteiger partial charge in [0.25, 0.3) is 5.69 Å². The van der Waals surface area contributed by atoms with Crippen LogP contribution >= 0.6 is 0 Å². The molecular formula is C16H24N2O2. The Hall–Kier alpha value is -1.68. The summed E-state index contributed by atoms with van der Waals surface area (Å²) in [6.45, 7) is 11.3. The second-order valence-electron chi connectivity index (χ2n) is 6.29. The van der Waals surface area contributed by atoms with Crippen LogP contribution in [-0.4, -0.2) is 17.0 Å². The zero-order chi connectivity index (χ0) is 15.3. The van der Waals surface area contributed by atoms with E-state index in [9.17, 15) is 10.1 Å². The smallest absolute Gasteiger partial charge is 0.276 e. The van der Waals surface area contributed by atoms with Gasteiger partial charge >= 0.3 is 0 Å². The van der Waals surface area contributed by atoms with Gasteiger partial charge in [0.05, 0.1) is 10.5 Å². The highest BCUT2D eigenvalue weighted by atomic mass is 16.6. The third kappa shape index (κ3) is 5.13. The minimum absolute atomic E-state index is 0.0244. The monoisotopic (exact) mass is 276 g/mol. The van der Waals surface area contributed by atoms with Crippen LogP contribution in [0.2, 0.25) is 0 Å². The van der Waals surface area contributed by atoms with E-state index in [0.29, 0.717) is 11.5 Å². The van der Waals surface area contributed by atoms with Gasteiger partial charge in [0.2, 0.25) is 0 Å². The van der Waals surface area contributed by atoms with E-state index in [1.165, 1.54) is 0 Å². The van der Waals surface area contributed by atoms with Gasteiger partial charge < -0.3 is 5.32 Å². The predicted molar refractivity (Wildman–Crippen MR) is 83.7 cm³/mol. The summed E-state index contributed by atoms with van der Waals surface area (Å²) >= 11 is 0. The number of nitro benzene ring substituents is 1. The van der Waals surface area contributed by atoms with Crippen molar-refractivity contribution in [2.75, 3.05) is 6.54 Å². The van der Waals surface area contributed by atoms with E-state index in [1.54, 1.807) is 18.2 Å². The molecule has 0 bridgehead atoms. The molecule has 0 amide bonds. The van der Waals surface area contributed by atoms with Crippen LogP contribution in [-0.2, 0) is 0 Å². The van der Waals surface area contributed by atoms with Crippen molar-refractivity contribution in [3.8, 4) is 0 Å². The van der Waals surface area contributed by atoms with E-state index in [0.717, 1.165) is 12.1 Å². The van der Waals surface area contributed by atoms with Crippen LogP contribution < -0.4 is 5.32 Å². The quantitative estimate of drug-likeness (QED) is 0.652. The lowest BCUT2D eigenvalue weighted by Crippen LogP contribution is -2.37. The lowest BCUT2D eigenvalue weighted by molar-refractivity contribution is -0.385. The molecule has 1 aromatic rings. The highest BCUT2D eigenvalue weighted by molar-refractivity contribution is 5.63. The van der Waals surface area contributed by atoms with Gasteiger partial charge in [0.1, 0.15) is 0 Å². The fraction of sp³-hybridized carbons (Fsp3) is 0.500. The number of benzene rings is 1. The molecule has 20 heavy (non-hydrogen) atoms. The summed E-state index contributed by atoms with van der Waals surface area (Å²) < 4.78 is 0. The molecular weight excluding hydrogens is 252 g/mol. The summed E-state index contributed by atoms with van der Waals surface area (Å²) in [5.41, 5.74) is 2.00. The van der Waals surface area contributed by atoms with Gasteiger partial charge in [-0.25, -0.2) is 0 Å². The number of hydrogen-bond donors (Lipinski definition) is 1. The summed E-state index contributed by atoms with van der Waals surface area (Å²) in [7, 11) is 0. The number of nitrogens with zero attached hydrogens (tertiary/aromatic N) is 1. The molecule has 1 N–H and O–H groups in total. The molecule has 110 valence electrons. The number of hydrogen-bond acceptors (Lipinski definition) is 3. The molecule has 4 nitrogen and oxygen atoms in total. The Labute approximate surface area is 121 Å². The number of para-hydroxylation sites is 1. The van der Waals surface area contributed by atoms with Crippen LogP contribution in [0, 0.1) is 16.0 Å². The summed E-state index contributed by atoms with van der Waals surface area (Å²) in [6, 6.07) is 6.85. The molecule has 0 radical (unpaired) electrons. The summed E-state index contributed by atoms with van der Waals surface area (Å²) in [4.78, 5) is 10.7. The van der Waals surface area contributed by atoms with Crippen LogP contribution in [0.4, 0.5) is 5.69 Å². The van der Waals surface area contributed by atoms with Gasteiger partial charge in [-0.15, -0.1) is 0 Å². The number of nitro groups is 1. The maximum Gasteiger partial charge on any atom is 0.276 e. The van der Waals surface area contributed by atoms with Crippen LogP contribution in [0.15, 0.2) is 29.8 Å². The molecule has 1 rings (SSSR count). The minimum Gasteiger partial charge on any atom is -0.308 e. The SMILES string of the molecule is CC(C)C(=Cc1ccccc1[N+](=O)[O-])CNC(C)(C)C. The van der Waals surface area contributed by atoms with Crippen LogP contribution in [0.3, 0.4) is 0 Å². The molecule has 0 atom stereocenters. The summed E-state index contributed by atoms with van der Waals surface area (Å²) in [5.74, 6) is 0.338. The Morgan fingerprint density at radius 1 is 1.35 bits per heavy atom. The Morgan fingerprint density at radius 3 is 2.45 bits per heavy atom. The number of rotatable bonds is 5. The summed E-state index contributed by atoms with van der Waals surface area (Å²) in [6.07, 6.45) is 1.93. The third-order valence-electron chi connectivity index (χ3n) is 3.04. The second kappa shape index (κ2) is 6.66. The fourth-order valence-electron chi connectivity index (χ4n) is 1.76. The highest BCUT2D eigenvalue weighted by Gasteiger charge is 2.14. The first-order valence-electron chi connectivity index (χ1n) is 6.89. The molecule has 0 aliphatic heterocycles. The van der Waals surface area contributed by atoms with Crippen molar-refractivity contribution in [3.63, 3.8) is 0 Å². The van der Waals surface area contributed by atoms with E-state index in [2.05, 4.69) is 39.9 Å². The predicted octanol–water partition coefficient (Wildman–Crippen LogP) is 4.02. The molecule has 0 fully saturated rings. The normalized spacial score (nSPS) is 12.8. The van der Waals surface area contributed by atoms with Gasteiger partial charge in [0.15, 0.2) is 0 Å². The summed E-state index contributed by atoms with van der Waals surface area (Å²) in [5, 5.41) is 14.5. The van der Waals surface area contributed by atoms with E-state index in [-0.39, 0.29) is 16.1 Å². The lowest BCUT2D eigenvalue weighted by atomic mass is 9.98. The highest BCUT2D eigenvalue weighted by Crippen LogP contribution is 2.23. The molecule has 1 aromatic carbocycles. The Balaban J connectivity index is 3.06. The molecule has 0 saturated heterocycles. The first kappa shape index (κ1) is 16.4. The number of nitrogens with one attached hydrogen (secondary N) is 1. The largest absolute Gasteiger partial charge is 0.308 e. The minimum atomic E-state index is -0.332. The van der Waals surface area contributed by atoms with E-state index in [1.807, 2.05) is 12.1 Å². The molecule has 0 aliphatic rings. The third-order valence-corrected chi connectivity index (χ3v) is 3.04. The van der Waals surface area contributed by atoms with Gasteiger partial charge in [-0.2, -0.15) is 0 Å². The van der Waals surface area contributed by atoms with Crippen LogP contribution in [0.5, 0.6) is 0 Å².